The largest absolute Gasteiger partial charge is 0.481 e. The number of carboxylic acid groups (broad SMARTS) is 1. The highest BCUT2D eigenvalue weighted by molar-refractivity contribution is 7.91. The molecule has 1 N–H and O–H groups in total. The normalized spacial score (nSPS) is 20.9. The number of hydrogen-bond acceptors (Lipinski definition) is 3. The van der Waals surface area contributed by atoms with Crippen LogP contribution in [0, 0.1) is 5.82 Å². The van der Waals surface area contributed by atoms with Gasteiger partial charge in [-0.3, -0.25) is 4.79 Å². The average Bonchev–Trinajstić information content (AvgIpc) is 2.33. The zero-order valence-electron chi connectivity index (χ0n) is 10.3. The van der Waals surface area contributed by atoms with Gasteiger partial charge in [0.25, 0.3) is 0 Å². The summed E-state index contributed by atoms with van der Waals surface area (Å²) in [7, 11) is -3.07. The Morgan fingerprint density at radius 1 is 1.21 bits per heavy atom. The molecule has 1 heterocycles. The van der Waals surface area contributed by atoms with Crippen LogP contribution in [0.2, 0.25) is 0 Å². The van der Waals surface area contributed by atoms with Crippen molar-refractivity contribution in [3.63, 3.8) is 0 Å². The van der Waals surface area contributed by atoms with Gasteiger partial charge >= 0.3 is 5.97 Å². The molecule has 0 radical (unpaired) electrons. The summed E-state index contributed by atoms with van der Waals surface area (Å²) in [4.78, 5) is 11.1. The first-order valence-corrected chi connectivity index (χ1v) is 7.83. The Morgan fingerprint density at radius 3 is 2.21 bits per heavy atom. The van der Waals surface area contributed by atoms with E-state index in [2.05, 4.69) is 0 Å². The quantitative estimate of drug-likeness (QED) is 0.919. The second-order valence-electron chi connectivity index (χ2n) is 5.01. The first-order chi connectivity index (χ1) is 8.83. The Bertz CT molecular complexity index is 563. The summed E-state index contributed by atoms with van der Waals surface area (Å²) >= 11 is 0. The highest BCUT2D eigenvalue weighted by atomic mass is 32.2. The molecule has 1 saturated heterocycles. The van der Waals surface area contributed by atoms with Gasteiger partial charge in [-0.1, -0.05) is 12.1 Å². The van der Waals surface area contributed by atoms with Gasteiger partial charge in [0.05, 0.1) is 17.9 Å². The van der Waals surface area contributed by atoms with Crippen molar-refractivity contribution in [2.45, 2.75) is 24.7 Å². The second kappa shape index (κ2) is 4.92. The summed E-state index contributed by atoms with van der Waals surface area (Å²) in [6.45, 7) is 0. The Morgan fingerprint density at radius 2 is 1.74 bits per heavy atom. The molecule has 0 amide bonds. The first kappa shape index (κ1) is 14.0. The molecule has 1 aliphatic heterocycles. The molecule has 4 nitrogen and oxygen atoms in total. The Labute approximate surface area is 111 Å². The Balaban J connectivity index is 2.36. The van der Waals surface area contributed by atoms with Crippen molar-refractivity contribution in [1.82, 2.24) is 0 Å². The lowest BCUT2D eigenvalue weighted by atomic mass is 9.73. The van der Waals surface area contributed by atoms with E-state index in [4.69, 9.17) is 5.11 Å². The average molecular weight is 286 g/mol. The van der Waals surface area contributed by atoms with E-state index in [1.54, 1.807) is 12.1 Å². The van der Waals surface area contributed by atoms with Crippen LogP contribution in [0.3, 0.4) is 0 Å². The Hall–Kier alpha value is -1.43. The number of rotatable bonds is 3. The van der Waals surface area contributed by atoms with E-state index in [9.17, 15) is 17.6 Å². The molecule has 0 saturated carbocycles. The van der Waals surface area contributed by atoms with Gasteiger partial charge in [0.1, 0.15) is 15.7 Å². The number of halogens is 1. The van der Waals surface area contributed by atoms with Gasteiger partial charge < -0.3 is 5.11 Å². The van der Waals surface area contributed by atoms with Crippen molar-refractivity contribution >= 4 is 15.8 Å². The van der Waals surface area contributed by atoms with Crippen LogP contribution in [0.4, 0.5) is 4.39 Å². The van der Waals surface area contributed by atoms with Crippen LogP contribution in [0.1, 0.15) is 24.8 Å². The van der Waals surface area contributed by atoms with E-state index in [-0.39, 0.29) is 30.8 Å². The van der Waals surface area contributed by atoms with Crippen molar-refractivity contribution in [3.05, 3.63) is 35.6 Å². The second-order valence-corrected chi connectivity index (χ2v) is 7.31. The summed E-state index contributed by atoms with van der Waals surface area (Å²) in [5.74, 6) is -1.39. The van der Waals surface area contributed by atoms with Crippen molar-refractivity contribution in [1.29, 1.82) is 0 Å². The molecular weight excluding hydrogens is 271 g/mol. The van der Waals surface area contributed by atoms with Gasteiger partial charge in [0.2, 0.25) is 0 Å². The van der Waals surface area contributed by atoms with Crippen LogP contribution in [0.25, 0.3) is 0 Å². The molecule has 0 atom stereocenters. The molecule has 1 aromatic carbocycles. The number of carboxylic acids is 1. The molecule has 104 valence electrons. The number of benzene rings is 1. The lowest BCUT2D eigenvalue weighted by Gasteiger charge is -2.36. The van der Waals surface area contributed by atoms with Gasteiger partial charge in [0.15, 0.2) is 0 Å². The van der Waals surface area contributed by atoms with E-state index < -0.39 is 27.0 Å². The molecule has 19 heavy (non-hydrogen) atoms. The summed E-state index contributed by atoms with van der Waals surface area (Å²) < 4.78 is 36.0. The molecule has 0 spiro atoms. The molecule has 0 unspecified atom stereocenters. The van der Waals surface area contributed by atoms with Crippen LogP contribution in [0.5, 0.6) is 0 Å². The van der Waals surface area contributed by atoms with Crippen molar-refractivity contribution in [2.24, 2.45) is 0 Å². The van der Waals surface area contributed by atoms with Crippen LogP contribution < -0.4 is 0 Å². The van der Waals surface area contributed by atoms with Gasteiger partial charge in [-0.15, -0.1) is 0 Å². The predicted molar refractivity (Wildman–Crippen MR) is 68.2 cm³/mol. The fraction of sp³-hybridized carbons (Fsp3) is 0.462. The van der Waals surface area contributed by atoms with E-state index in [1.807, 2.05) is 0 Å². The molecule has 6 heteroatoms. The molecule has 0 aliphatic carbocycles. The molecule has 1 fully saturated rings. The standard InChI is InChI=1S/C13H15FO4S/c14-11-3-1-10(2-4-11)13(9-12(15)16)5-7-19(17,18)8-6-13/h1-4H,5-9H2,(H,15,16). The van der Waals surface area contributed by atoms with E-state index in [0.717, 1.165) is 0 Å². The fourth-order valence-corrected chi connectivity index (χ4v) is 4.20. The van der Waals surface area contributed by atoms with E-state index in [0.29, 0.717) is 5.56 Å². The maximum atomic E-state index is 13.0. The van der Waals surface area contributed by atoms with Crippen molar-refractivity contribution < 1.29 is 22.7 Å². The predicted octanol–water partition coefficient (Wildman–Crippen LogP) is 1.75. The summed E-state index contributed by atoms with van der Waals surface area (Å²) in [6.07, 6.45) is 0.411. The van der Waals surface area contributed by atoms with Gasteiger partial charge in [0, 0.05) is 5.41 Å². The number of carbonyl (C=O) groups is 1. The van der Waals surface area contributed by atoms with Crippen molar-refractivity contribution in [2.75, 3.05) is 11.5 Å². The molecule has 0 bridgehead atoms. The molecule has 1 aromatic rings. The third-order valence-electron chi connectivity index (χ3n) is 3.73. The Kier molecular flexibility index (Phi) is 3.62. The van der Waals surface area contributed by atoms with Crippen LogP contribution in [-0.4, -0.2) is 31.0 Å². The third-order valence-corrected chi connectivity index (χ3v) is 5.38. The summed E-state index contributed by atoms with van der Waals surface area (Å²) in [6, 6.07) is 5.66. The topological polar surface area (TPSA) is 71.4 Å². The van der Waals surface area contributed by atoms with Crippen molar-refractivity contribution in [3.8, 4) is 0 Å². The smallest absolute Gasteiger partial charge is 0.304 e. The van der Waals surface area contributed by atoms with Crippen LogP contribution in [-0.2, 0) is 20.0 Å². The fourth-order valence-electron chi connectivity index (χ4n) is 2.59. The summed E-state index contributed by atoms with van der Waals surface area (Å²) in [5, 5.41) is 9.05. The molecule has 1 aliphatic rings. The molecular formula is C13H15FO4S. The zero-order chi connectivity index (χ0) is 14.1. The number of hydrogen-bond donors (Lipinski definition) is 1. The minimum atomic E-state index is -3.07. The number of aliphatic carboxylic acids is 1. The maximum Gasteiger partial charge on any atom is 0.304 e. The number of sulfone groups is 1. The van der Waals surface area contributed by atoms with E-state index >= 15 is 0 Å². The molecule has 2 rings (SSSR count). The van der Waals surface area contributed by atoms with Gasteiger partial charge in [-0.05, 0) is 30.5 Å². The maximum absolute atomic E-state index is 13.0. The minimum Gasteiger partial charge on any atom is -0.481 e. The highest BCUT2D eigenvalue weighted by Crippen LogP contribution is 2.39. The lowest BCUT2D eigenvalue weighted by molar-refractivity contribution is -0.138. The van der Waals surface area contributed by atoms with Crippen LogP contribution in [0.15, 0.2) is 24.3 Å². The lowest BCUT2D eigenvalue weighted by Crippen LogP contribution is -2.38. The SMILES string of the molecule is O=C(O)CC1(c2ccc(F)cc2)CCS(=O)(=O)CC1. The zero-order valence-corrected chi connectivity index (χ0v) is 11.1. The molecule has 0 aromatic heterocycles. The monoisotopic (exact) mass is 286 g/mol. The van der Waals surface area contributed by atoms with Crippen LogP contribution >= 0.6 is 0 Å². The van der Waals surface area contributed by atoms with E-state index in [1.165, 1.54) is 12.1 Å². The highest BCUT2D eigenvalue weighted by Gasteiger charge is 2.40. The van der Waals surface area contributed by atoms with Gasteiger partial charge in [-0.2, -0.15) is 0 Å². The first-order valence-electron chi connectivity index (χ1n) is 6.01. The third kappa shape index (κ3) is 3.12. The minimum absolute atomic E-state index is 0.0162. The van der Waals surface area contributed by atoms with Gasteiger partial charge in [-0.25, -0.2) is 12.8 Å². The summed E-state index contributed by atoms with van der Waals surface area (Å²) in [5.41, 5.74) is -0.00333.